The van der Waals surface area contributed by atoms with Crippen LogP contribution in [0.1, 0.15) is 31.4 Å². The van der Waals surface area contributed by atoms with E-state index in [9.17, 15) is 4.79 Å². The number of hydrogen-bond acceptors (Lipinski definition) is 2. The van der Waals surface area contributed by atoms with Gasteiger partial charge in [-0.3, -0.25) is 9.80 Å². The maximum atomic E-state index is 12.5. The molecule has 30 heavy (non-hydrogen) atoms. The fourth-order valence-electron chi connectivity index (χ4n) is 4.53. The van der Waals surface area contributed by atoms with Gasteiger partial charge in [0.15, 0.2) is 0 Å². The molecule has 1 aromatic carbocycles. The third-order valence-electron chi connectivity index (χ3n) is 6.12. The van der Waals surface area contributed by atoms with Crippen LogP contribution in [0.4, 0.5) is 4.79 Å². The highest BCUT2D eigenvalue weighted by molar-refractivity contribution is 14.1. The Morgan fingerprint density at radius 2 is 2.13 bits per heavy atom. The van der Waals surface area contributed by atoms with Crippen LogP contribution in [0, 0.1) is 5.92 Å². The number of rotatable bonds is 10. The average molecular weight is 520 g/mol. The molecule has 1 aromatic heterocycles. The Bertz CT molecular complexity index is 906. The molecule has 2 atom stereocenters. The molecule has 0 radical (unpaired) electrons. The van der Waals surface area contributed by atoms with E-state index in [0.29, 0.717) is 17.1 Å². The standard InChI is InChI=1S/C24H33IN4O/c1-5-11-28(15-18(6-2)17(4)29(16-25)24(30)26-7-3)21-12-19-9-8-10-22-23(19)20(13-21)14-27-22/h5,8-10,14,18,21,27H,1,4,6-7,11-13,15-16H2,2-3H3,(H,26,30)/t18-,21+/m1/s1. The number of aromatic nitrogens is 1. The summed E-state index contributed by atoms with van der Waals surface area (Å²) in [6.07, 6.45) is 7.15. The minimum absolute atomic E-state index is 0.0630. The van der Waals surface area contributed by atoms with Crippen molar-refractivity contribution in [3.05, 3.63) is 60.5 Å². The molecule has 162 valence electrons. The molecule has 0 bridgehead atoms. The lowest BCUT2D eigenvalue weighted by Gasteiger charge is -2.37. The molecule has 1 heterocycles. The summed E-state index contributed by atoms with van der Waals surface area (Å²) < 4.78 is 0.596. The number of carbonyl (C=O) groups excluding carboxylic acids is 1. The fraction of sp³-hybridized carbons (Fsp3) is 0.458. The van der Waals surface area contributed by atoms with E-state index in [2.05, 4.69) is 82.3 Å². The number of benzene rings is 1. The second-order valence-corrected chi connectivity index (χ2v) is 8.62. The molecule has 0 aliphatic heterocycles. The molecule has 0 saturated heterocycles. The first-order valence-corrected chi connectivity index (χ1v) is 12.3. The van der Waals surface area contributed by atoms with Crippen LogP contribution in [0.5, 0.6) is 0 Å². The van der Waals surface area contributed by atoms with Crippen LogP contribution >= 0.6 is 22.6 Å². The van der Waals surface area contributed by atoms with E-state index in [1.54, 1.807) is 4.90 Å². The van der Waals surface area contributed by atoms with Gasteiger partial charge in [0.1, 0.15) is 0 Å². The normalized spacial score (nSPS) is 16.5. The van der Waals surface area contributed by atoms with Gasteiger partial charge in [-0.25, -0.2) is 4.79 Å². The van der Waals surface area contributed by atoms with Gasteiger partial charge in [0.2, 0.25) is 0 Å². The van der Waals surface area contributed by atoms with Gasteiger partial charge in [-0.05, 0) is 43.4 Å². The van der Waals surface area contributed by atoms with Crippen molar-refractivity contribution in [1.29, 1.82) is 0 Å². The summed E-state index contributed by atoms with van der Waals surface area (Å²) >= 11 is 2.24. The van der Waals surface area contributed by atoms with Crippen molar-refractivity contribution in [1.82, 2.24) is 20.1 Å². The van der Waals surface area contributed by atoms with E-state index in [4.69, 9.17) is 0 Å². The number of H-pyrrole nitrogens is 1. The number of aromatic amines is 1. The highest BCUT2D eigenvalue weighted by Crippen LogP contribution is 2.32. The minimum atomic E-state index is -0.0630. The van der Waals surface area contributed by atoms with Crippen LogP contribution in [0.15, 0.2) is 49.3 Å². The number of nitrogens with one attached hydrogen (secondary N) is 2. The Balaban J connectivity index is 1.78. The lowest BCUT2D eigenvalue weighted by Crippen LogP contribution is -2.45. The first-order valence-electron chi connectivity index (χ1n) is 10.8. The van der Waals surface area contributed by atoms with Crippen molar-refractivity contribution in [2.24, 2.45) is 5.92 Å². The summed E-state index contributed by atoms with van der Waals surface area (Å²) in [6.45, 7) is 14.8. The van der Waals surface area contributed by atoms with Crippen LogP contribution < -0.4 is 5.32 Å². The van der Waals surface area contributed by atoms with Gasteiger partial charge < -0.3 is 10.3 Å². The summed E-state index contributed by atoms with van der Waals surface area (Å²) in [5, 5.41) is 4.30. The second-order valence-electron chi connectivity index (χ2n) is 7.94. The number of nitrogens with zero attached hydrogens (tertiary/aromatic N) is 2. The number of amides is 2. The van der Waals surface area contributed by atoms with Crippen molar-refractivity contribution >= 4 is 39.5 Å². The van der Waals surface area contributed by atoms with Gasteiger partial charge in [0.05, 0.1) is 4.55 Å². The van der Waals surface area contributed by atoms with Gasteiger partial charge in [-0.1, -0.05) is 54.3 Å². The summed E-state index contributed by atoms with van der Waals surface area (Å²) in [5.41, 5.74) is 4.94. The van der Waals surface area contributed by atoms with Crippen LogP contribution in [-0.2, 0) is 12.8 Å². The van der Waals surface area contributed by atoms with E-state index < -0.39 is 0 Å². The Labute approximate surface area is 193 Å². The molecule has 5 nitrogen and oxygen atoms in total. The molecule has 0 saturated carbocycles. The fourth-order valence-corrected chi connectivity index (χ4v) is 5.27. The lowest BCUT2D eigenvalue weighted by molar-refractivity contribution is 0.173. The topological polar surface area (TPSA) is 51.4 Å². The molecule has 2 N–H and O–H groups in total. The third kappa shape index (κ3) is 4.75. The highest BCUT2D eigenvalue weighted by Gasteiger charge is 2.29. The predicted octanol–water partition coefficient (Wildman–Crippen LogP) is 5.09. The molecule has 6 heteroatoms. The van der Waals surface area contributed by atoms with Crippen molar-refractivity contribution < 1.29 is 4.79 Å². The van der Waals surface area contributed by atoms with Crippen molar-refractivity contribution in [2.45, 2.75) is 39.2 Å². The maximum Gasteiger partial charge on any atom is 0.322 e. The smallest absolute Gasteiger partial charge is 0.322 e. The van der Waals surface area contributed by atoms with Crippen LogP contribution in [-0.4, -0.2) is 51.0 Å². The molecule has 1 aliphatic rings. The summed E-state index contributed by atoms with van der Waals surface area (Å²) in [7, 11) is 0. The monoisotopic (exact) mass is 520 g/mol. The molecule has 0 fully saturated rings. The zero-order chi connectivity index (χ0) is 21.7. The highest BCUT2D eigenvalue weighted by atomic mass is 127. The molecular formula is C24H33IN4O. The summed E-state index contributed by atoms with van der Waals surface area (Å²) in [5.74, 6) is 0.214. The lowest BCUT2D eigenvalue weighted by atomic mass is 9.87. The predicted molar refractivity (Wildman–Crippen MR) is 134 cm³/mol. The molecule has 2 aromatic rings. The summed E-state index contributed by atoms with van der Waals surface area (Å²) in [4.78, 5) is 20.2. The third-order valence-corrected chi connectivity index (χ3v) is 6.81. The zero-order valence-electron chi connectivity index (χ0n) is 18.1. The molecular weight excluding hydrogens is 487 g/mol. The van der Waals surface area contributed by atoms with Gasteiger partial charge in [-0.2, -0.15) is 0 Å². The quantitative estimate of drug-likeness (QED) is 0.199. The van der Waals surface area contributed by atoms with Gasteiger partial charge >= 0.3 is 6.03 Å². The van der Waals surface area contributed by atoms with Gasteiger partial charge in [-0.15, -0.1) is 6.58 Å². The molecule has 3 rings (SSSR count). The molecule has 0 unspecified atom stereocenters. The summed E-state index contributed by atoms with van der Waals surface area (Å²) in [6, 6.07) is 6.89. The van der Waals surface area contributed by atoms with Crippen LogP contribution in [0.2, 0.25) is 0 Å². The van der Waals surface area contributed by atoms with E-state index >= 15 is 0 Å². The molecule has 0 spiro atoms. The van der Waals surface area contributed by atoms with E-state index in [-0.39, 0.29) is 11.9 Å². The average Bonchev–Trinajstić information content (AvgIpc) is 3.16. The number of urea groups is 1. The first kappa shape index (κ1) is 22.9. The van der Waals surface area contributed by atoms with Crippen molar-refractivity contribution in [3.63, 3.8) is 0 Å². The largest absolute Gasteiger partial charge is 0.361 e. The Hall–Kier alpha value is -1.80. The molecule has 2 amide bonds. The Morgan fingerprint density at radius 1 is 1.37 bits per heavy atom. The second kappa shape index (κ2) is 10.5. The van der Waals surface area contributed by atoms with Crippen molar-refractivity contribution in [3.8, 4) is 0 Å². The van der Waals surface area contributed by atoms with E-state index in [1.165, 1.54) is 22.0 Å². The Morgan fingerprint density at radius 3 is 2.80 bits per heavy atom. The first-order chi connectivity index (χ1) is 14.5. The number of halogens is 1. The maximum absolute atomic E-state index is 12.5. The van der Waals surface area contributed by atoms with Crippen LogP contribution in [0.25, 0.3) is 10.9 Å². The van der Waals surface area contributed by atoms with Crippen molar-refractivity contribution in [2.75, 3.05) is 24.2 Å². The van der Waals surface area contributed by atoms with E-state index in [0.717, 1.165) is 38.0 Å². The minimum Gasteiger partial charge on any atom is -0.361 e. The number of carbonyl (C=O) groups is 1. The van der Waals surface area contributed by atoms with E-state index in [1.807, 2.05) is 13.0 Å². The number of alkyl halides is 1. The van der Waals surface area contributed by atoms with Gasteiger partial charge in [0.25, 0.3) is 0 Å². The van der Waals surface area contributed by atoms with Gasteiger partial charge in [0, 0.05) is 54.4 Å². The molecule has 1 aliphatic carbocycles. The number of hydrogen-bond donors (Lipinski definition) is 2. The zero-order valence-corrected chi connectivity index (χ0v) is 20.2. The van der Waals surface area contributed by atoms with Crippen LogP contribution in [0.3, 0.4) is 0 Å². The SMILES string of the molecule is C=CCN(C[C@@H](CC)C(=C)N(CI)C(=O)NCC)[C@H]1Cc2cccc3[nH]cc(c23)C1. The Kier molecular flexibility index (Phi) is 7.99.